The van der Waals surface area contributed by atoms with Crippen LogP contribution in [-0.2, 0) is 17.9 Å². The average molecular weight is 989 g/mol. The highest BCUT2D eigenvalue weighted by Gasteiger charge is 2.38. The van der Waals surface area contributed by atoms with Crippen molar-refractivity contribution in [1.82, 2.24) is 25.1 Å². The van der Waals surface area contributed by atoms with Crippen LogP contribution in [0.3, 0.4) is 0 Å². The standard InChI is InChI=1S/C28H26F4N4O3.C26H27FN4O2/c29-24-16-21(25(37)17-34-26(38)28(30,31)32)4-5-22(24)18-36(27(39)35-14-2-1-3-15-35)23-8-6-19(7-9-23)20-10-12-33-13-11-20;27-24-16-21(25(32)17-28)4-5-22(24)18-31(26(33)30-14-2-1-3-15-30)23-8-6-19(7-9-23)20-10-12-29-13-11-20/h4-13,16H,1-3,14-15,17-18H2,(H,34,38);4-13,16H,1-3,14-15,17-18,28H2. The van der Waals surface area contributed by atoms with E-state index < -0.39 is 36.0 Å². The zero-order chi connectivity index (χ0) is 51.2. The van der Waals surface area contributed by atoms with Crippen molar-refractivity contribution in [2.45, 2.75) is 57.8 Å². The number of aromatic nitrogens is 2. The first-order valence-electron chi connectivity index (χ1n) is 23.5. The van der Waals surface area contributed by atoms with E-state index in [4.69, 9.17) is 5.73 Å². The number of carbonyl (C=O) groups is 5. The zero-order valence-corrected chi connectivity index (χ0v) is 39.3. The molecule has 8 rings (SSSR count). The van der Waals surface area contributed by atoms with E-state index in [2.05, 4.69) is 9.97 Å². The molecule has 5 amide bonds. The smallest absolute Gasteiger partial charge is 0.341 e. The number of pyridine rings is 2. The largest absolute Gasteiger partial charge is 0.471 e. The molecule has 2 aliphatic heterocycles. The molecule has 6 aromatic rings. The third-order valence-corrected chi connectivity index (χ3v) is 12.4. The first-order chi connectivity index (χ1) is 34.7. The molecule has 72 heavy (non-hydrogen) atoms. The summed E-state index contributed by atoms with van der Waals surface area (Å²) in [6, 6.07) is 29.8. The molecule has 0 unspecified atom stereocenters. The van der Waals surface area contributed by atoms with E-state index in [1.54, 1.807) is 58.9 Å². The monoisotopic (exact) mass is 988 g/mol. The van der Waals surface area contributed by atoms with E-state index in [1.807, 2.05) is 65.6 Å². The van der Waals surface area contributed by atoms with Gasteiger partial charge in [0.15, 0.2) is 11.6 Å². The van der Waals surface area contributed by atoms with E-state index in [9.17, 15) is 41.5 Å². The van der Waals surface area contributed by atoms with Gasteiger partial charge in [-0.15, -0.1) is 0 Å². The molecule has 0 saturated carbocycles. The molecule has 0 atom stereocenters. The molecule has 3 N–H and O–H groups in total. The van der Waals surface area contributed by atoms with Crippen molar-refractivity contribution in [2.75, 3.05) is 49.1 Å². The van der Waals surface area contributed by atoms with Gasteiger partial charge in [-0.2, -0.15) is 13.2 Å². The Kier molecular flexibility index (Phi) is 17.6. The SMILES string of the molecule is NCC(=O)c1ccc(CN(C(=O)N2CCCCC2)c2ccc(-c3ccncc3)cc2)c(F)c1.O=C(CNC(=O)C(F)(F)F)c1ccc(CN(C(=O)N2CCCCC2)c2ccc(-c3ccncc3)cc2)c(F)c1. The number of urea groups is 2. The number of alkyl halides is 3. The van der Waals surface area contributed by atoms with E-state index in [1.165, 1.54) is 28.4 Å². The summed E-state index contributed by atoms with van der Waals surface area (Å²) in [5.74, 6) is -4.79. The highest BCUT2D eigenvalue weighted by Crippen LogP contribution is 2.29. The predicted molar refractivity (Wildman–Crippen MR) is 263 cm³/mol. The molecule has 374 valence electrons. The fourth-order valence-corrected chi connectivity index (χ4v) is 8.33. The molecule has 13 nitrogen and oxygen atoms in total. The molecule has 2 aromatic heterocycles. The molecular weight excluding hydrogens is 936 g/mol. The zero-order valence-electron chi connectivity index (χ0n) is 39.3. The summed E-state index contributed by atoms with van der Waals surface area (Å²) in [6.45, 7) is 1.38. The number of benzene rings is 4. The topological polar surface area (TPSA) is 162 Å². The summed E-state index contributed by atoms with van der Waals surface area (Å²) >= 11 is 0. The molecule has 18 heteroatoms. The lowest BCUT2D eigenvalue weighted by Crippen LogP contribution is -2.45. The lowest BCUT2D eigenvalue weighted by Gasteiger charge is -2.33. The van der Waals surface area contributed by atoms with Crippen molar-refractivity contribution >= 4 is 40.9 Å². The molecule has 0 bridgehead atoms. The molecule has 0 spiro atoms. The third kappa shape index (κ3) is 13.5. The van der Waals surface area contributed by atoms with Crippen molar-refractivity contribution in [3.63, 3.8) is 0 Å². The molecule has 2 saturated heterocycles. The summed E-state index contributed by atoms with van der Waals surface area (Å²) in [4.78, 5) is 76.6. The number of rotatable bonds is 13. The van der Waals surface area contributed by atoms with Crippen molar-refractivity contribution in [1.29, 1.82) is 0 Å². The van der Waals surface area contributed by atoms with Gasteiger partial charge in [0.05, 0.1) is 26.2 Å². The Labute approximate surface area is 413 Å². The number of amides is 5. The van der Waals surface area contributed by atoms with Gasteiger partial charge >= 0.3 is 24.1 Å². The number of anilines is 2. The van der Waals surface area contributed by atoms with Crippen LogP contribution >= 0.6 is 0 Å². The number of hydrogen-bond donors (Lipinski definition) is 2. The Morgan fingerprint density at radius 3 is 1.26 bits per heavy atom. The van der Waals surface area contributed by atoms with Gasteiger partial charge in [0.1, 0.15) is 11.6 Å². The average Bonchev–Trinajstić information content (AvgIpc) is 3.42. The Balaban J connectivity index is 0.000000214. The third-order valence-electron chi connectivity index (χ3n) is 12.4. The van der Waals surface area contributed by atoms with Crippen molar-refractivity contribution < 1.29 is 45.9 Å². The maximum absolute atomic E-state index is 15.1. The fourth-order valence-electron chi connectivity index (χ4n) is 8.33. The number of nitrogens with zero attached hydrogens (tertiary/aromatic N) is 6. The number of likely N-dealkylation sites (tertiary alicyclic amines) is 2. The van der Waals surface area contributed by atoms with Crippen LogP contribution in [-0.4, -0.2) is 94.7 Å². The van der Waals surface area contributed by atoms with Crippen molar-refractivity contribution in [3.05, 3.63) is 168 Å². The number of ketones is 2. The Hall–Kier alpha value is -7.86. The quantitative estimate of drug-likeness (QED) is 0.0854. The van der Waals surface area contributed by atoms with Gasteiger partial charge in [0, 0.05) is 84.6 Å². The van der Waals surface area contributed by atoms with Crippen LogP contribution in [0.4, 0.5) is 42.9 Å². The minimum atomic E-state index is -5.13. The van der Waals surface area contributed by atoms with E-state index in [-0.39, 0.29) is 54.2 Å². The highest BCUT2D eigenvalue weighted by molar-refractivity contribution is 6.00. The summed E-state index contributed by atoms with van der Waals surface area (Å²) in [5.41, 5.74) is 11.0. The first-order valence-corrected chi connectivity index (χ1v) is 23.5. The van der Waals surface area contributed by atoms with Gasteiger partial charge in [-0.25, -0.2) is 18.4 Å². The summed E-state index contributed by atoms with van der Waals surface area (Å²) in [7, 11) is 0. The van der Waals surface area contributed by atoms with E-state index in [0.717, 1.165) is 66.8 Å². The maximum atomic E-state index is 15.1. The summed E-state index contributed by atoms with van der Waals surface area (Å²) in [6.07, 6.45) is 7.50. The van der Waals surface area contributed by atoms with E-state index in [0.29, 0.717) is 43.1 Å². The lowest BCUT2D eigenvalue weighted by atomic mass is 10.1. The number of carbonyl (C=O) groups excluding carboxylic acids is 5. The van der Waals surface area contributed by atoms with Crippen LogP contribution < -0.4 is 20.9 Å². The van der Waals surface area contributed by atoms with Crippen molar-refractivity contribution in [2.24, 2.45) is 5.73 Å². The molecule has 4 aromatic carbocycles. The number of nitrogens with two attached hydrogens (primary N) is 1. The van der Waals surface area contributed by atoms with Crippen LogP contribution in [0.25, 0.3) is 22.3 Å². The fraction of sp³-hybridized carbons (Fsp3) is 0.278. The van der Waals surface area contributed by atoms with Crippen LogP contribution in [0.2, 0.25) is 0 Å². The van der Waals surface area contributed by atoms with Crippen LogP contribution in [0.5, 0.6) is 0 Å². The van der Waals surface area contributed by atoms with Crippen LogP contribution in [0, 0.1) is 11.6 Å². The molecule has 0 aliphatic carbocycles. The van der Waals surface area contributed by atoms with Gasteiger partial charge < -0.3 is 20.9 Å². The second-order valence-electron chi connectivity index (χ2n) is 17.2. The molecule has 2 aliphatic rings. The molecule has 2 fully saturated rings. The first kappa shape index (κ1) is 52.0. The van der Waals surface area contributed by atoms with Crippen LogP contribution in [0.15, 0.2) is 134 Å². The second kappa shape index (κ2) is 24.3. The second-order valence-corrected chi connectivity index (χ2v) is 17.2. The van der Waals surface area contributed by atoms with Crippen molar-refractivity contribution in [3.8, 4) is 22.3 Å². The molecular formula is C54H53F5N8O5. The normalized spacial score (nSPS) is 13.6. The van der Waals surface area contributed by atoms with E-state index >= 15 is 4.39 Å². The van der Waals surface area contributed by atoms with Gasteiger partial charge in [-0.1, -0.05) is 48.5 Å². The Morgan fingerprint density at radius 2 is 0.903 bits per heavy atom. The van der Waals surface area contributed by atoms with Gasteiger partial charge in [-0.05, 0) is 121 Å². The molecule has 0 radical (unpaired) electrons. The van der Waals surface area contributed by atoms with Gasteiger partial charge in [-0.3, -0.25) is 34.2 Å². The number of piperidine rings is 2. The predicted octanol–water partition coefficient (Wildman–Crippen LogP) is 10.0. The van der Waals surface area contributed by atoms with Gasteiger partial charge in [0.2, 0.25) is 0 Å². The number of halogens is 5. The maximum Gasteiger partial charge on any atom is 0.471 e. The number of nitrogens with one attached hydrogen (secondary N) is 1. The lowest BCUT2D eigenvalue weighted by molar-refractivity contribution is -0.173. The van der Waals surface area contributed by atoms with Crippen LogP contribution in [0.1, 0.15) is 70.4 Å². The highest BCUT2D eigenvalue weighted by atomic mass is 19.4. The molecule has 4 heterocycles. The number of Topliss-reactive ketones (excluding diaryl/α,β-unsaturated/α-hetero) is 2. The van der Waals surface area contributed by atoms with Gasteiger partial charge in [0.25, 0.3) is 0 Å². The minimum Gasteiger partial charge on any atom is -0.341 e. The summed E-state index contributed by atoms with van der Waals surface area (Å²) < 4.78 is 67.1. The minimum absolute atomic E-state index is 0.0624. The Bertz CT molecular complexity index is 2820. The number of hydrogen-bond acceptors (Lipinski definition) is 8. The summed E-state index contributed by atoms with van der Waals surface area (Å²) in [5, 5.41) is 1.48. The Morgan fingerprint density at radius 1 is 0.528 bits per heavy atom.